The largest absolute Gasteiger partial charge is 0.334 e. The van der Waals surface area contributed by atoms with E-state index in [-0.39, 0.29) is 0 Å². The number of aromatic nitrogens is 3. The van der Waals surface area contributed by atoms with Crippen LogP contribution >= 0.6 is 0 Å². The molecule has 4 rings (SSSR count). The maximum absolute atomic E-state index is 9.59. The average molecular weight is 258 g/mol. The van der Waals surface area contributed by atoms with Crippen LogP contribution in [0.15, 0.2) is 42.7 Å². The molecule has 0 unspecified atom stereocenters. The van der Waals surface area contributed by atoms with E-state index >= 15 is 0 Å². The molecule has 20 heavy (non-hydrogen) atoms. The van der Waals surface area contributed by atoms with Gasteiger partial charge in [-0.2, -0.15) is 5.26 Å². The minimum absolute atomic E-state index is 0.648. The molecule has 2 heterocycles. The van der Waals surface area contributed by atoms with Crippen molar-refractivity contribution >= 4 is 32.8 Å². The Morgan fingerprint density at radius 3 is 2.80 bits per heavy atom. The molecular weight excluding hydrogens is 248 g/mol. The fraction of sp³-hybridized carbons (Fsp3) is 0.0625. The Kier molecular flexibility index (Phi) is 2.07. The number of fused-ring (bicyclic) bond motifs is 4. The predicted molar refractivity (Wildman–Crippen MR) is 78.2 cm³/mol. The summed E-state index contributed by atoms with van der Waals surface area (Å²) in [5.41, 5.74) is 4.14. The van der Waals surface area contributed by atoms with Crippen molar-refractivity contribution < 1.29 is 0 Å². The first kappa shape index (κ1) is 10.9. The minimum Gasteiger partial charge on any atom is -0.334 e. The highest BCUT2D eigenvalue weighted by Crippen LogP contribution is 2.30. The van der Waals surface area contributed by atoms with E-state index in [1.54, 1.807) is 6.33 Å². The molecule has 0 radical (unpaired) electrons. The summed E-state index contributed by atoms with van der Waals surface area (Å²) < 4.78 is 1.95. The van der Waals surface area contributed by atoms with Gasteiger partial charge in [0, 0.05) is 17.8 Å². The first-order valence-corrected chi connectivity index (χ1v) is 6.32. The van der Waals surface area contributed by atoms with E-state index in [0.29, 0.717) is 5.56 Å². The number of hydrogen-bond donors (Lipinski definition) is 0. The van der Waals surface area contributed by atoms with Gasteiger partial charge >= 0.3 is 0 Å². The molecule has 0 fully saturated rings. The fourth-order valence-corrected chi connectivity index (χ4v) is 2.69. The third kappa shape index (κ3) is 1.29. The third-order valence-corrected chi connectivity index (χ3v) is 3.65. The zero-order chi connectivity index (χ0) is 13.7. The first-order valence-electron chi connectivity index (χ1n) is 6.32. The maximum atomic E-state index is 9.59. The van der Waals surface area contributed by atoms with E-state index in [9.17, 15) is 5.26 Å². The SMILES string of the molecule is Cn1cnc2c3c(C#N)c4ccccc4nc3ccc21. The summed E-state index contributed by atoms with van der Waals surface area (Å²) in [5.74, 6) is 0. The summed E-state index contributed by atoms with van der Waals surface area (Å²) >= 11 is 0. The van der Waals surface area contributed by atoms with E-state index in [0.717, 1.165) is 32.8 Å². The van der Waals surface area contributed by atoms with Crippen LogP contribution in [0.3, 0.4) is 0 Å². The van der Waals surface area contributed by atoms with Gasteiger partial charge in [-0.15, -0.1) is 0 Å². The second-order valence-corrected chi connectivity index (χ2v) is 4.80. The van der Waals surface area contributed by atoms with Gasteiger partial charge in [0.15, 0.2) is 0 Å². The number of aryl methyl sites for hydroxylation is 1. The number of nitriles is 1. The molecule has 94 valence electrons. The van der Waals surface area contributed by atoms with Gasteiger partial charge in [-0.05, 0) is 18.2 Å². The Labute approximate surface area is 114 Å². The molecule has 0 amide bonds. The Morgan fingerprint density at radius 1 is 1.10 bits per heavy atom. The van der Waals surface area contributed by atoms with Gasteiger partial charge in [0.05, 0.1) is 34.0 Å². The number of pyridine rings is 1. The standard InChI is InChI=1S/C16H10N4/c1-20-9-18-16-14(20)7-6-13-15(16)11(8-17)10-4-2-3-5-12(10)19-13/h2-7,9H,1H3. The van der Waals surface area contributed by atoms with Crippen molar-refractivity contribution in [1.82, 2.24) is 14.5 Å². The van der Waals surface area contributed by atoms with Gasteiger partial charge in [0.1, 0.15) is 6.07 Å². The summed E-state index contributed by atoms with van der Waals surface area (Å²) in [6.07, 6.45) is 1.76. The van der Waals surface area contributed by atoms with Crippen LogP contribution in [-0.2, 0) is 7.05 Å². The highest BCUT2D eigenvalue weighted by atomic mass is 15.0. The summed E-state index contributed by atoms with van der Waals surface area (Å²) in [7, 11) is 1.95. The second kappa shape index (κ2) is 3.78. The van der Waals surface area contributed by atoms with Gasteiger partial charge in [-0.1, -0.05) is 18.2 Å². The quantitative estimate of drug-likeness (QED) is 0.455. The summed E-state index contributed by atoms with van der Waals surface area (Å²) in [6.45, 7) is 0. The van der Waals surface area contributed by atoms with Gasteiger partial charge in [0.25, 0.3) is 0 Å². The molecule has 4 aromatic rings. The van der Waals surface area contributed by atoms with Crippen molar-refractivity contribution in [2.24, 2.45) is 7.05 Å². The van der Waals surface area contributed by atoms with E-state index < -0.39 is 0 Å². The van der Waals surface area contributed by atoms with Crippen LogP contribution in [0.25, 0.3) is 32.8 Å². The molecule has 0 atom stereocenters. The highest BCUT2D eigenvalue weighted by Gasteiger charge is 2.13. The number of rotatable bonds is 0. The summed E-state index contributed by atoms with van der Waals surface area (Å²) in [5, 5.41) is 11.3. The fourth-order valence-electron chi connectivity index (χ4n) is 2.69. The monoisotopic (exact) mass is 258 g/mol. The molecule has 2 aromatic heterocycles. The molecule has 0 saturated heterocycles. The van der Waals surface area contributed by atoms with Crippen LogP contribution in [0.1, 0.15) is 5.56 Å². The third-order valence-electron chi connectivity index (χ3n) is 3.65. The Balaban J connectivity index is 2.37. The first-order chi connectivity index (χ1) is 9.79. The molecular formula is C16H10N4. The summed E-state index contributed by atoms with van der Waals surface area (Å²) in [4.78, 5) is 9.08. The van der Waals surface area contributed by atoms with Crippen LogP contribution in [0.4, 0.5) is 0 Å². The molecule has 0 aliphatic rings. The average Bonchev–Trinajstić information content (AvgIpc) is 2.86. The number of benzene rings is 2. The van der Waals surface area contributed by atoms with Crippen molar-refractivity contribution in [3.8, 4) is 6.07 Å². The molecule has 0 bridgehead atoms. The van der Waals surface area contributed by atoms with E-state index in [2.05, 4.69) is 16.0 Å². The predicted octanol–water partition coefficient (Wildman–Crippen LogP) is 3.15. The number of para-hydroxylation sites is 1. The van der Waals surface area contributed by atoms with E-state index in [1.807, 2.05) is 48.0 Å². The Morgan fingerprint density at radius 2 is 1.95 bits per heavy atom. The lowest BCUT2D eigenvalue weighted by Crippen LogP contribution is -1.90. The molecule has 4 heteroatoms. The lowest BCUT2D eigenvalue weighted by molar-refractivity contribution is 0.948. The molecule has 0 aliphatic heterocycles. The van der Waals surface area contributed by atoms with Crippen LogP contribution < -0.4 is 0 Å². The van der Waals surface area contributed by atoms with Crippen molar-refractivity contribution in [2.75, 3.05) is 0 Å². The van der Waals surface area contributed by atoms with Crippen LogP contribution in [-0.4, -0.2) is 14.5 Å². The smallest absolute Gasteiger partial charge is 0.101 e. The Hall–Kier alpha value is -2.93. The van der Waals surface area contributed by atoms with Crippen molar-refractivity contribution in [1.29, 1.82) is 5.26 Å². The zero-order valence-corrected chi connectivity index (χ0v) is 10.8. The molecule has 0 N–H and O–H groups in total. The Bertz CT molecular complexity index is 1020. The molecule has 2 aromatic carbocycles. The van der Waals surface area contributed by atoms with Gasteiger partial charge in [-0.25, -0.2) is 9.97 Å². The van der Waals surface area contributed by atoms with Gasteiger partial charge in [-0.3, -0.25) is 0 Å². The van der Waals surface area contributed by atoms with E-state index in [4.69, 9.17) is 0 Å². The second-order valence-electron chi connectivity index (χ2n) is 4.80. The molecule has 0 spiro atoms. The molecule has 0 aliphatic carbocycles. The van der Waals surface area contributed by atoms with Gasteiger partial charge < -0.3 is 4.57 Å². The highest BCUT2D eigenvalue weighted by molar-refractivity contribution is 6.11. The van der Waals surface area contributed by atoms with Crippen molar-refractivity contribution in [3.05, 3.63) is 48.3 Å². The zero-order valence-electron chi connectivity index (χ0n) is 10.8. The van der Waals surface area contributed by atoms with Crippen molar-refractivity contribution in [2.45, 2.75) is 0 Å². The van der Waals surface area contributed by atoms with Crippen LogP contribution in [0, 0.1) is 11.3 Å². The van der Waals surface area contributed by atoms with E-state index in [1.165, 1.54) is 0 Å². The molecule has 4 nitrogen and oxygen atoms in total. The normalized spacial score (nSPS) is 11.2. The topological polar surface area (TPSA) is 54.5 Å². The number of nitrogens with zero attached hydrogens (tertiary/aromatic N) is 4. The molecule has 0 saturated carbocycles. The van der Waals surface area contributed by atoms with Crippen molar-refractivity contribution in [3.63, 3.8) is 0 Å². The lowest BCUT2D eigenvalue weighted by atomic mass is 10.0. The minimum atomic E-state index is 0.648. The van der Waals surface area contributed by atoms with Crippen LogP contribution in [0.5, 0.6) is 0 Å². The van der Waals surface area contributed by atoms with Crippen LogP contribution in [0.2, 0.25) is 0 Å². The summed E-state index contributed by atoms with van der Waals surface area (Å²) in [6, 6.07) is 14.0. The lowest BCUT2D eigenvalue weighted by Gasteiger charge is -2.06. The maximum Gasteiger partial charge on any atom is 0.101 e. The number of imidazole rings is 1. The number of hydrogen-bond acceptors (Lipinski definition) is 3. The van der Waals surface area contributed by atoms with Gasteiger partial charge in [0.2, 0.25) is 0 Å².